The summed E-state index contributed by atoms with van der Waals surface area (Å²) in [6.45, 7) is 1.32. The number of rotatable bonds is 6. The Morgan fingerprint density at radius 2 is 1.68 bits per heavy atom. The maximum Gasteiger partial charge on any atom is 0.417 e. The zero-order chi connectivity index (χ0) is 28.3. The van der Waals surface area contributed by atoms with Crippen LogP contribution in [0.2, 0.25) is 0 Å². The van der Waals surface area contributed by atoms with Crippen molar-refractivity contribution in [1.82, 2.24) is 19.3 Å². The SMILES string of the molecule is CC(C)(NS(=O)(=O)c1ccc(-c2c(C(N)=O)c3cc(C(F)(F)F)cnc3n2C2CCCC2)nc1)C(F)(F)F. The molecular formula is C23H23F6N5O3S. The number of amides is 1. The highest BCUT2D eigenvalue weighted by molar-refractivity contribution is 7.89. The first-order valence-electron chi connectivity index (χ1n) is 11.4. The molecule has 8 nitrogen and oxygen atoms in total. The summed E-state index contributed by atoms with van der Waals surface area (Å²) in [5.41, 5.74) is 1.59. The summed E-state index contributed by atoms with van der Waals surface area (Å²) in [5, 5.41) is -0.138. The number of pyridine rings is 2. The molecule has 0 unspecified atom stereocenters. The molecule has 15 heteroatoms. The Kier molecular flexibility index (Phi) is 6.75. The molecule has 0 bridgehead atoms. The van der Waals surface area contributed by atoms with E-state index in [4.69, 9.17) is 5.73 Å². The van der Waals surface area contributed by atoms with Gasteiger partial charge >= 0.3 is 12.4 Å². The monoisotopic (exact) mass is 563 g/mol. The zero-order valence-corrected chi connectivity index (χ0v) is 20.9. The number of alkyl halides is 6. The van der Waals surface area contributed by atoms with Crippen molar-refractivity contribution in [3.05, 3.63) is 41.7 Å². The van der Waals surface area contributed by atoms with Gasteiger partial charge in [-0.25, -0.2) is 13.4 Å². The van der Waals surface area contributed by atoms with Gasteiger partial charge in [-0.3, -0.25) is 9.78 Å². The summed E-state index contributed by atoms with van der Waals surface area (Å²) in [5.74, 6) is -1.05. The van der Waals surface area contributed by atoms with E-state index in [2.05, 4.69) is 9.97 Å². The van der Waals surface area contributed by atoms with Gasteiger partial charge in [-0.2, -0.15) is 31.1 Å². The number of aromatic nitrogens is 3. The highest BCUT2D eigenvalue weighted by Crippen LogP contribution is 2.42. The zero-order valence-electron chi connectivity index (χ0n) is 20.1. The van der Waals surface area contributed by atoms with E-state index in [1.54, 1.807) is 9.29 Å². The number of hydrogen-bond donors (Lipinski definition) is 2. The number of carbonyl (C=O) groups excluding carboxylic acids is 1. The molecule has 0 radical (unpaired) electrons. The first kappa shape index (κ1) is 27.8. The Hall–Kier alpha value is -3.20. The summed E-state index contributed by atoms with van der Waals surface area (Å²) in [6, 6.07) is 2.68. The highest BCUT2D eigenvalue weighted by atomic mass is 32.2. The van der Waals surface area contributed by atoms with E-state index in [0.29, 0.717) is 32.9 Å². The lowest BCUT2D eigenvalue weighted by Gasteiger charge is -2.28. The van der Waals surface area contributed by atoms with E-state index < -0.39 is 44.3 Å². The maximum absolute atomic E-state index is 13.4. The Morgan fingerprint density at radius 3 is 2.18 bits per heavy atom. The van der Waals surface area contributed by atoms with Crippen LogP contribution in [-0.4, -0.2) is 40.6 Å². The molecule has 1 aliphatic rings. The molecule has 0 aromatic carbocycles. The second kappa shape index (κ2) is 9.22. The third-order valence-electron chi connectivity index (χ3n) is 6.49. The van der Waals surface area contributed by atoms with E-state index in [-0.39, 0.29) is 34.0 Å². The number of carbonyl (C=O) groups is 1. The van der Waals surface area contributed by atoms with Gasteiger partial charge in [0.2, 0.25) is 10.0 Å². The number of nitrogens with two attached hydrogens (primary N) is 1. The van der Waals surface area contributed by atoms with Crippen molar-refractivity contribution in [2.24, 2.45) is 5.73 Å². The molecule has 38 heavy (non-hydrogen) atoms. The fraction of sp³-hybridized carbons (Fsp3) is 0.435. The molecule has 0 spiro atoms. The van der Waals surface area contributed by atoms with Crippen LogP contribution in [0.4, 0.5) is 26.3 Å². The first-order chi connectivity index (χ1) is 17.4. The standard InChI is InChI=1S/C23H23F6N5O3S/c1-21(2,23(27,28)29)33-38(36,37)14-7-8-16(31-11-14)18-17(19(30)35)15-9-12(22(24,25)26)10-32-20(15)34(18)13-5-3-4-6-13/h7-11,13,33H,3-6H2,1-2H3,(H2,30,35). The van der Waals surface area contributed by atoms with Gasteiger partial charge in [0.25, 0.3) is 5.91 Å². The summed E-state index contributed by atoms with van der Waals surface area (Å²) >= 11 is 0. The summed E-state index contributed by atoms with van der Waals surface area (Å²) in [7, 11) is -4.67. The summed E-state index contributed by atoms with van der Waals surface area (Å²) < 4.78 is 108. The van der Waals surface area contributed by atoms with Gasteiger partial charge in [0.05, 0.1) is 22.5 Å². The van der Waals surface area contributed by atoms with Gasteiger partial charge in [-0.05, 0) is 44.9 Å². The largest absolute Gasteiger partial charge is 0.417 e. The van der Waals surface area contributed by atoms with E-state index in [0.717, 1.165) is 37.2 Å². The number of primary amides is 1. The molecule has 0 aliphatic heterocycles. The molecule has 3 aromatic rings. The van der Waals surface area contributed by atoms with Crippen LogP contribution in [0.1, 0.15) is 61.5 Å². The van der Waals surface area contributed by atoms with E-state index in [1.807, 2.05) is 0 Å². The van der Waals surface area contributed by atoms with E-state index >= 15 is 0 Å². The lowest BCUT2D eigenvalue weighted by molar-refractivity contribution is -0.180. The molecular weight excluding hydrogens is 540 g/mol. The lowest BCUT2D eigenvalue weighted by atomic mass is 10.1. The summed E-state index contributed by atoms with van der Waals surface area (Å²) in [4.78, 5) is 20.0. The summed E-state index contributed by atoms with van der Waals surface area (Å²) in [6.07, 6.45) is -5.24. The van der Waals surface area contributed by atoms with Crippen LogP contribution in [0.25, 0.3) is 22.4 Å². The molecule has 4 rings (SSSR count). The molecule has 0 atom stereocenters. The fourth-order valence-corrected chi connectivity index (χ4v) is 5.84. The molecule has 3 N–H and O–H groups in total. The van der Waals surface area contributed by atoms with Crippen molar-refractivity contribution in [3.8, 4) is 11.4 Å². The number of hydrogen-bond acceptors (Lipinski definition) is 5. The first-order valence-corrected chi connectivity index (χ1v) is 12.9. The quantitative estimate of drug-likeness (QED) is 0.412. The molecule has 1 aliphatic carbocycles. The normalized spacial score (nSPS) is 15.9. The Morgan fingerprint density at radius 1 is 1.05 bits per heavy atom. The minimum atomic E-state index is -4.88. The number of sulfonamides is 1. The van der Waals surface area contributed by atoms with Crippen molar-refractivity contribution < 1.29 is 39.6 Å². The lowest BCUT2D eigenvalue weighted by Crippen LogP contribution is -2.54. The predicted molar refractivity (Wildman–Crippen MR) is 124 cm³/mol. The van der Waals surface area contributed by atoms with E-state index in [9.17, 15) is 39.6 Å². The van der Waals surface area contributed by atoms with Gasteiger partial charge in [-0.1, -0.05) is 12.8 Å². The third-order valence-corrected chi connectivity index (χ3v) is 8.13. The van der Waals surface area contributed by atoms with Crippen molar-refractivity contribution in [1.29, 1.82) is 0 Å². The van der Waals surface area contributed by atoms with Gasteiger partial charge < -0.3 is 10.3 Å². The van der Waals surface area contributed by atoms with Crippen LogP contribution in [-0.2, 0) is 16.2 Å². The number of nitrogens with one attached hydrogen (secondary N) is 1. The topological polar surface area (TPSA) is 120 Å². The Labute approximate surface area is 213 Å². The second-order valence-electron chi connectivity index (χ2n) is 9.60. The van der Waals surface area contributed by atoms with Crippen LogP contribution in [0.3, 0.4) is 0 Å². The number of fused-ring (bicyclic) bond motifs is 1. The molecule has 206 valence electrons. The predicted octanol–water partition coefficient (Wildman–Crippen LogP) is 4.95. The van der Waals surface area contributed by atoms with Crippen LogP contribution < -0.4 is 10.5 Å². The molecule has 1 fully saturated rings. The van der Waals surface area contributed by atoms with Crippen molar-refractivity contribution in [2.45, 2.75) is 68.4 Å². The van der Waals surface area contributed by atoms with Crippen LogP contribution in [0.5, 0.6) is 0 Å². The van der Waals surface area contributed by atoms with Gasteiger partial charge in [0, 0.05) is 23.8 Å². The van der Waals surface area contributed by atoms with Crippen molar-refractivity contribution in [3.63, 3.8) is 0 Å². The average Bonchev–Trinajstić information content (AvgIpc) is 3.42. The second-order valence-corrected chi connectivity index (χ2v) is 11.3. The average molecular weight is 564 g/mol. The Bertz CT molecular complexity index is 1490. The third kappa shape index (κ3) is 4.96. The van der Waals surface area contributed by atoms with Crippen molar-refractivity contribution >= 4 is 27.0 Å². The van der Waals surface area contributed by atoms with Crippen LogP contribution in [0, 0.1) is 0 Å². The van der Waals surface area contributed by atoms with Gasteiger partial charge in [-0.15, -0.1) is 0 Å². The molecule has 0 saturated heterocycles. The molecule has 3 heterocycles. The highest BCUT2D eigenvalue weighted by Gasteiger charge is 2.50. The minimum absolute atomic E-state index is 0.00806. The molecule has 1 amide bonds. The fourth-order valence-electron chi connectivity index (χ4n) is 4.49. The smallest absolute Gasteiger partial charge is 0.366 e. The van der Waals surface area contributed by atoms with Gasteiger partial charge in [0.1, 0.15) is 16.1 Å². The minimum Gasteiger partial charge on any atom is -0.366 e. The van der Waals surface area contributed by atoms with Gasteiger partial charge in [0.15, 0.2) is 0 Å². The van der Waals surface area contributed by atoms with Crippen LogP contribution >= 0.6 is 0 Å². The Balaban J connectivity index is 1.89. The number of halogens is 6. The molecule has 1 saturated carbocycles. The van der Waals surface area contributed by atoms with E-state index in [1.165, 1.54) is 0 Å². The van der Waals surface area contributed by atoms with Crippen LogP contribution in [0.15, 0.2) is 35.5 Å². The maximum atomic E-state index is 13.4. The number of nitrogens with zero attached hydrogens (tertiary/aromatic N) is 3. The molecule has 3 aromatic heterocycles. The van der Waals surface area contributed by atoms with Crippen molar-refractivity contribution in [2.75, 3.05) is 0 Å².